The maximum absolute atomic E-state index is 12.2. The largest absolute Gasteiger partial charge is 0.306 e. The monoisotopic (exact) mass is 414 g/mol. The predicted octanol–water partition coefficient (Wildman–Crippen LogP) is 3.16. The van der Waals surface area contributed by atoms with Gasteiger partial charge in [-0.15, -0.1) is 0 Å². The fourth-order valence-corrected chi connectivity index (χ4v) is 2.98. The molecule has 0 aliphatic rings. The number of hydrogen-bond donors (Lipinski definition) is 0. The molecule has 2 rings (SSSR count). The van der Waals surface area contributed by atoms with E-state index < -0.39 is 4.92 Å². The van der Waals surface area contributed by atoms with E-state index in [1.54, 1.807) is 6.07 Å². The molecule has 21 heavy (non-hydrogen) atoms. The van der Waals surface area contributed by atoms with Crippen LogP contribution in [0.3, 0.4) is 0 Å². The second-order valence-electron chi connectivity index (χ2n) is 4.17. The van der Waals surface area contributed by atoms with Crippen LogP contribution >= 0.6 is 31.9 Å². The number of carbonyl (C=O) groups is 1. The van der Waals surface area contributed by atoms with Crippen molar-refractivity contribution in [3.8, 4) is 0 Å². The number of nitro groups is 1. The first kappa shape index (κ1) is 15.6. The second-order valence-corrected chi connectivity index (χ2v) is 5.94. The zero-order valence-electron chi connectivity index (χ0n) is 10.5. The summed E-state index contributed by atoms with van der Waals surface area (Å²) in [6, 6.07) is 6.99. The lowest BCUT2D eigenvalue weighted by atomic mass is 10.1. The van der Waals surface area contributed by atoms with Gasteiger partial charge in [-0.25, -0.2) is 0 Å². The number of halogens is 2. The molecule has 0 amide bonds. The number of hydrogen-bond acceptors (Lipinski definition) is 4. The number of carbonyl (C=O) groups excluding carboxylic acids is 1. The average Bonchev–Trinajstić information content (AvgIpc) is 2.44. The van der Waals surface area contributed by atoms with Crippen LogP contribution in [0.1, 0.15) is 10.4 Å². The fraction of sp³-hybridized carbons (Fsp3) is 0.0769. The Kier molecular flexibility index (Phi) is 4.69. The molecule has 1 heterocycles. The summed E-state index contributed by atoms with van der Waals surface area (Å²) in [6.45, 7) is -0.196. The van der Waals surface area contributed by atoms with Crippen molar-refractivity contribution in [2.75, 3.05) is 0 Å². The Morgan fingerprint density at radius 3 is 2.67 bits per heavy atom. The number of nitro benzene ring substituents is 1. The van der Waals surface area contributed by atoms with E-state index in [1.165, 1.54) is 35.0 Å². The number of nitrogens with zero attached hydrogens (tertiary/aromatic N) is 2. The SMILES string of the molecule is O=C(Cn1cc(Br)cc(Br)c1=O)c1cccc([N+](=O)[O-])c1. The fourth-order valence-electron chi connectivity index (χ4n) is 1.72. The zero-order valence-corrected chi connectivity index (χ0v) is 13.6. The number of benzene rings is 1. The van der Waals surface area contributed by atoms with E-state index in [9.17, 15) is 19.7 Å². The highest BCUT2D eigenvalue weighted by atomic mass is 79.9. The van der Waals surface area contributed by atoms with E-state index in [0.717, 1.165) is 0 Å². The number of pyridine rings is 1. The first-order chi connectivity index (χ1) is 9.88. The van der Waals surface area contributed by atoms with Gasteiger partial charge in [0.2, 0.25) is 0 Å². The lowest BCUT2D eigenvalue weighted by molar-refractivity contribution is -0.384. The van der Waals surface area contributed by atoms with Crippen molar-refractivity contribution in [3.05, 3.63) is 71.5 Å². The molecule has 0 bridgehead atoms. The van der Waals surface area contributed by atoms with Crippen LogP contribution in [0.25, 0.3) is 0 Å². The summed E-state index contributed by atoms with van der Waals surface area (Å²) in [5.41, 5.74) is -0.326. The van der Waals surface area contributed by atoms with Crippen molar-refractivity contribution in [2.24, 2.45) is 0 Å². The van der Waals surface area contributed by atoms with Crippen molar-refractivity contribution >= 4 is 43.3 Å². The summed E-state index contributed by atoms with van der Waals surface area (Å²) < 4.78 is 2.19. The lowest BCUT2D eigenvalue weighted by Gasteiger charge is -2.06. The highest BCUT2D eigenvalue weighted by molar-refractivity contribution is 9.11. The highest BCUT2D eigenvalue weighted by Gasteiger charge is 2.13. The normalized spacial score (nSPS) is 10.4. The Balaban J connectivity index is 2.32. The highest BCUT2D eigenvalue weighted by Crippen LogP contribution is 2.16. The molecule has 0 saturated heterocycles. The number of Topliss-reactive ketones (excluding diaryl/α,β-unsaturated/α-hetero) is 1. The number of ketones is 1. The molecule has 108 valence electrons. The minimum atomic E-state index is -0.571. The Bertz CT molecular complexity index is 786. The molecule has 0 aliphatic carbocycles. The van der Waals surface area contributed by atoms with Gasteiger partial charge in [0.05, 0.1) is 15.9 Å². The molecule has 0 N–H and O–H groups in total. The smallest absolute Gasteiger partial charge is 0.270 e. The standard InChI is InChI=1S/C13H8Br2N2O4/c14-9-5-11(15)13(19)16(6-9)7-12(18)8-2-1-3-10(4-8)17(20)21/h1-6H,7H2. The van der Waals surface area contributed by atoms with Gasteiger partial charge in [0.1, 0.15) is 0 Å². The van der Waals surface area contributed by atoms with E-state index in [4.69, 9.17) is 0 Å². The molecule has 0 saturated carbocycles. The molecule has 0 atom stereocenters. The van der Waals surface area contributed by atoms with Crippen LogP contribution in [-0.4, -0.2) is 15.3 Å². The molecule has 0 aliphatic heterocycles. The molecule has 1 aromatic carbocycles. The van der Waals surface area contributed by atoms with Gasteiger partial charge in [0, 0.05) is 28.4 Å². The van der Waals surface area contributed by atoms with Gasteiger partial charge in [-0.1, -0.05) is 12.1 Å². The molecule has 1 aromatic heterocycles. The van der Waals surface area contributed by atoms with Gasteiger partial charge >= 0.3 is 0 Å². The summed E-state index contributed by atoms with van der Waals surface area (Å²) in [5, 5.41) is 10.7. The van der Waals surface area contributed by atoms with Gasteiger partial charge in [0.25, 0.3) is 11.2 Å². The summed E-state index contributed by atoms with van der Waals surface area (Å²) in [4.78, 5) is 34.2. The van der Waals surface area contributed by atoms with Crippen molar-refractivity contribution in [3.63, 3.8) is 0 Å². The molecule has 0 spiro atoms. The average molecular weight is 416 g/mol. The van der Waals surface area contributed by atoms with Crippen LogP contribution < -0.4 is 5.56 Å². The Morgan fingerprint density at radius 2 is 2.00 bits per heavy atom. The summed E-state index contributed by atoms with van der Waals surface area (Å²) in [6.07, 6.45) is 1.49. The molecular formula is C13H8Br2N2O4. The molecule has 0 radical (unpaired) electrons. The topological polar surface area (TPSA) is 82.2 Å². The van der Waals surface area contributed by atoms with Crippen LogP contribution in [0.5, 0.6) is 0 Å². The number of rotatable bonds is 4. The van der Waals surface area contributed by atoms with Crippen molar-refractivity contribution < 1.29 is 9.72 Å². The van der Waals surface area contributed by atoms with E-state index >= 15 is 0 Å². The van der Waals surface area contributed by atoms with Gasteiger partial charge in [-0.3, -0.25) is 19.7 Å². The van der Waals surface area contributed by atoms with Gasteiger partial charge in [0.15, 0.2) is 5.78 Å². The Labute approximate surface area is 135 Å². The Hall–Kier alpha value is -1.80. The van der Waals surface area contributed by atoms with Crippen LogP contribution in [0.4, 0.5) is 5.69 Å². The van der Waals surface area contributed by atoms with E-state index in [0.29, 0.717) is 8.95 Å². The van der Waals surface area contributed by atoms with Crippen molar-refractivity contribution in [2.45, 2.75) is 6.54 Å². The maximum atomic E-state index is 12.2. The van der Waals surface area contributed by atoms with Crippen LogP contribution in [0.15, 0.2) is 50.3 Å². The molecule has 8 heteroatoms. The molecule has 2 aromatic rings. The third-order valence-electron chi connectivity index (χ3n) is 2.70. The molecular weight excluding hydrogens is 408 g/mol. The van der Waals surface area contributed by atoms with E-state index in [1.807, 2.05) is 0 Å². The van der Waals surface area contributed by atoms with Crippen molar-refractivity contribution in [1.29, 1.82) is 0 Å². The first-order valence-electron chi connectivity index (χ1n) is 5.71. The molecule has 0 fully saturated rings. The minimum absolute atomic E-state index is 0.163. The third-order valence-corrected chi connectivity index (χ3v) is 3.70. The number of non-ortho nitro benzene ring substituents is 1. The Morgan fingerprint density at radius 1 is 1.29 bits per heavy atom. The molecule has 0 unspecified atom stereocenters. The van der Waals surface area contributed by atoms with Gasteiger partial charge in [-0.2, -0.15) is 0 Å². The lowest BCUT2D eigenvalue weighted by Crippen LogP contribution is -2.24. The van der Waals surface area contributed by atoms with Crippen LogP contribution in [-0.2, 0) is 6.54 Å². The van der Waals surface area contributed by atoms with Crippen LogP contribution in [0.2, 0.25) is 0 Å². The minimum Gasteiger partial charge on any atom is -0.306 e. The summed E-state index contributed by atoms with van der Waals surface area (Å²) in [7, 11) is 0. The van der Waals surface area contributed by atoms with Gasteiger partial charge in [-0.05, 0) is 37.9 Å². The van der Waals surface area contributed by atoms with E-state index in [2.05, 4.69) is 31.9 Å². The second kappa shape index (κ2) is 6.31. The van der Waals surface area contributed by atoms with Crippen LogP contribution in [0, 0.1) is 10.1 Å². The summed E-state index contributed by atoms with van der Waals surface area (Å²) >= 11 is 6.34. The van der Waals surface area contributed by atoms with E-state index in [-0.39, 0.29) is 29.1 Å². The first-order valence-corrected chi connectivity index (χ1v) is 7.30. The zero-order chi connectivity index (χ0) is 15.6. The predicted molar refractivity (Wildman–Crippen MR) is 83.5 cm³/mol. The third kappa shape index (κ3) is 3.64. The maximum Gasteiger partial charge on any atom is 0.270 e. The summed E-state index contributed by atoms with van der Waals surface area (Å²) in [5.74, 6) is -0.384. The van der Waals surface area contributed by atoms with Gasteiger partial charge < -0.3 is 4.57 Å². The number of aromatic nitrogens is 1. The van der Waals surface area contributed by atoms with Crippen molar-refractivity contribution in [1.82, 2.24) is 4.57 Å². The quantitative estimate of drug-likeness (QED) is 0.436. The molecule has 6 nitrogen and oxygen atoms in total.